The Hall–Kier alpha value is -1.21. The molecule has 0 bridgehead atoms. The Morgan fingerprint density at radius 2 is 2.32 bits per heavy atom. The van der Waals surface area contributed by atoms with Gasteiger partial charge in [-0.15, -0.1) is 0 Å². The first-order valence-electron chi connectivity index (χ1n) is 7.85. The van der Waals surface area contributed by atoms with E-state index < -0.39 is 0 Å². The molecule has 124 valence electrons. The molecular weight excluding hydrogens is 300 g/mol. The molecule has 1 saturated heterocycles. The normalized spacial score (nSPS) is 18.8. The van der Waals surface area contributed by atoms with Crippen molar-refractivity contribution in [3.05, 3.63) is 5.82 Å². The second-order valence-corrected chi connectivity index (χ2v) is 6.86. The van der Waals surface area contributed by atoms with Crippen LogP contribution in [-0.2, 0) is 9.53 Å². The standard InChI is InChI=1S/C15H26N4O2S/c1-11(2)13-16-15(22-17-13)19-7-5-6-12(10-19)14(20)18(3)8-9-21-4/h11-12H,5-10H2,1-4H3/t12-/m0/s1. The number of carbonyl (C=O) groups is 1. The molecule has 1 aromatic rings. The van der Waals surface area contributed by atoms with Crippen LogP contribution >= 0.6 is 11.5 Å². The summed E-state index contributed by atoms with van der Waals surface area (Å²) in [5.41, 5.74) is 0. The van der Waals surface area contributed by atoms with Gasteiger partial charge in [0.1, 0.15) is 5.82 Å². The number of methoxy groups -OCH3 is 1. The van der Waals surface area contributed by atoms with Crippen molar-refractivity contribution in [1.82, 2.24) is 14.3 Å². The smallest absolute Gasteiger partial charge is 0.227 e. The van der Waals surface area contributed by atoms with Gasteiger partial charge in [0, 0.05) is 51.2 Å². The molecular formula is C15H26N4O2S. The molecule has 6 nitrogen and oxygen atoms in total. The molecule has 1 amide bonds. The maximum Gasteiger partial charge on any atom is 0.227 e. The lowest BCUT2D eigenvalue weighted by Crippen LogP contribution is -2.44. The lowest BCUT2D eigenvalue weighted by molar-refractivity contribution is -0.135. The van der Waals surface area contributed by atoms with Gasteiger partial charge in [-0.05, 0) is 12.8 Å². The number of carbonyl (C=O) groups excluding carboxylic acids is 1. The molecule has 0 saturated carbocycles. The minimum Gasteiger partial charge on any atom is -0.383 e. The largest absolute Gasteiger partial charge is 0.383 e. The van der Waals surface area contributed by atoms with Crippen molar-refractivity contribution >= 4 is 22.6 Å². The molecule has 0 unspecified atom stereocenters. The highest BCUT2D eigenvalue weighted by Gasteiger charge is 2.29. The van der Waals surface area contributed by atoms with Gasteiger partial charge in [0.05, 0.1) is 12.5 Å². The number of hydrogen-bond acceptors (Lipinski definition) is 6. The van der Waals surface area contributed by atoms with E-state index in [1.54, 1.807) is 12.0 Å². The van der Waals surface area contributed by atoms with Crippen molar-refractivity contribution in [3.63, 3.8) is 0 Å². The summed E-state index contributed by atoms with van der Waals surface area (Å²) in [7, 11) is 3.50. The molecule has 1 aliphatic heterocycles. The average molecular weight is 326 g/mol. The summed E-state index contributed by atoms with van der Waals surface area (Å²) in [5.74, 6) is 1.48. The van der Waals surface area contributed by atoms with Crippen LogP contribution in [-0.4, -0.2) is 60.6 Å². The van der Waals surface area contributed by atoms with Crippen LogP contribution in [0.5, 0.6) is 0 Å². The van der Waals surface area contributed by atoms with E-state index >= 15 is 0 Å². The van der Waals surface area contributed by atoms with Gasteiger partial charge in [0.25, 0.3) is 0 Å². The van der Waals surface area contributed by atoms with Gasteiger partial charge >= 0.3 is 0 Å². The summed E-state index contributed by atoms with van der Waals surface area (Å²) in [6.07, 6.45) is 1.97. The Balaban J connectivity index is 1.97. The van der Waals surface area contributed by atoms with Crippen LogP contribution < -0.4 is 4.90 Å². The van der Waals surface area contributed by atoms with Gasteiger partial charge < -0.3 is 14.5 Å². The first kappa shape index (κ1) is 17.1. The van der Waals surface area contributed by atoms with Gasteiger partial charge in [0.15, 0.2) is 0 Å². The maximum atomic E-state index is 12.5. The van der Waals surface area contributed by atoms with E-state index in [0.717, 1.165) is 36.9 Å². The fraction of sp³-hybridized carbons (Fsp3) is 0.800. The number of likely N-dealkylation sites (N-methyl/N-ethyl adjacent to an activating group) is 1. The second kappa shape index (κ2) is 7.87. The van der Waals surface area contributed by atoms with E-state index in [1.807, 2.05) is 7.05 Å². The van der Waals surface area contributed by atoms with Crippen LogP contribution in [0.3, 0.4) is 0 Å². The van der Waals surface area contributed by atoms with E-state index in [2.05, 4.69) is 28.1 Å². The summed E-state index contributed by atoms with van der Waals surface area (Å²) < 4.78 is 9.46. The number of piperidine rings is 1. The Bertz CT molecular complexity index is 492. The van der Waals surface area contributed by atoms with Gasteiger partial charge in [-0.25, -0.2) is 4.98 Å². The lowest BCUT2D eigenvalue weighted by atomic mass is 9.97. The second-order valence-electron chi connectivity index (χ2n) is 6.13. The predicted molar refractivity (Wildman–Crippen MR) is 88.4 cm³/mol. The van der Waals surface area contributed by atoms with Crippen molar-refractivity contribution in [2.24, 2.45) is 5.92 Å². The highest BCUT2D eigenvalue weighted by Crippen LogP contribution is 2.27. The third kappa shape index (κ3) is 4.16. The first-order valence-corrected chi connectivity index (χ1v) is 8.62. The highest BCUT2D eigenvalue weighted by molar-refractivity contribution is 7.09. The molecule has 0 N–H and O–H groups in total. The van der Waals surface area contributed by atoms with Crippen molar-refractivity contribution in [2.45, 2.75) is 32.6 Å². The predicted octanol–water partition coefficient (Wildman–Crippen LogP) is 1.98. The van der Waals surface area contributed by atoms with E-state index in [9.17, 15) is 4.79 Å². The van der Waals surface area contributed by atoms with Crippen molar-refractivity contribution in [3.8, 4) is 0 Å². The van der Waals surface area contributed by atoms with Crippen LogP contribution in [0.2, 0.25) is 0 Å². The number of rotatable bonds is 6. The lowest BCUT2D eigenvalue weighted by Gasteiger charge is -2.33. The van der Waals surface area contributed by atoms with Crippen LogP contribution in [0.1, 0.15) is 38.4 Å². The van der Waals surface area contributed by atoms with Crippen LogP contribution in [0.25, 0.3) is 0 Å². The molecule has 0 aromatic carbocycles. The van der Waals surface area contributed by atoms with E-state index in [-0.39, 0.29) is 11.8 Å². The third-order valence-corrected chi connectivity index (χ3v) is 4.79. The van der Waals surface area contributed by atoms with Crippen LogP contribution in [0, 0.1) is 5.92 Å². The van der Waals surface area contributed by atoms with E-state index in [1.165, 1.54) is 11.5 Å². The van der Waals surface area contributed by atoms with Crippen LogP contribution in [0.4, 0.5) is 5.13 Å². The van der Waals surface area contributed by atoms with E-state index in [0.29, 0.717) is 19.1 Å². The Labute approximate surface area is 136 Å². The monoisotopic (exact) mass is 326 g/mol. The van der Waals surface area contributed by atoms with Gasteiger partial charge in [-0.3, -0.25) is 4.79 Å². The zero-order chi connectivity index (χ0) is 16.1. The zero-order valence-electron chi connectivity index (χ0n) is 13.9. The Kier molecular flexibility index (Phi) is 6.14. The summed E-state index contributed by atoms with van der Waals surface area (Å²) in [6.45, 7) is 7.11. The highest BCUT2D eigenvalue weighted by atomic mass is 32.1. The minimum absolute atomic E-state index is 0.0435. The number of amides is 1. The van der Waals surface area contributed by atoms with E-state index in [4.69, 9.17) is 4.74 Å². The number of hydrogen-bond donors (Lipinski definition) is 0. The zero-order valence-corrected chi connectivity index (χ0v) is 14.7. The summed E-state index contributed by atoms with van der Waals surface area (Å²) in [4.78, 5) is 21.1. The van der Waals surface area contributed by atoms with Gasteiger partial charge in [0.2, 0.25) is 11.0 Å². The number of nitrogens with zero attached hydrogens (tertiary/aromatic N) is 4. The summed E-state index contributed by atoms with van der Waals surface area (Å²) in [5, 5.41) is 0.945. The quantitative estimate of drug-likeness (QED) is 0.800. The topological polar surface area (TPSA) is 58.6 Å². The Morgan fingerprint density at radius 3 is 2.95 bits per heavy atom. The average Bonchev–Trinajstić information content (AvgIpc) is 3.02. The number of aromatic nitrogens is 2. The molecule has 0 radical (unpaired) electrons. The molecule has 0 spiro atoms. The van der Waals surface area contributed by atoms with Crippen molar-refractivity contribution in [2.75, 3.05) is 45.3 Å². The summed E-state index contributed by atoms with van der Waals surface area (Å²) >= 11 is 1.44. The third-order valence-electron chi connectivity index (χ3n) is 4.00. The molecule has 1 fully saturated rings. The molecule has 7 heteroatoms. The van der Waals surface area contributed by atoms with Gasteiger partial charge in [-0.2, -0.15) is 4.37 Å². The van der Waals surface area contributed by atoms with Crippen molar-refractivity contribution in [1.29, 1.82) is 0 Å². The molecule has 2 heterocycles. The molecule has 0 aliphatic carbocycles. The SMILES string of the molecule is COCCN(C)C(=O)[C@H]1CCCN(c2nc(C(C)C)ns2)C1. The molecule has 22 heavy (non-hydrogen) atoms. The van der Waals surface area contributed by atoms with Crippen molar-refractivity contribution < 1.29 is 9.53 Å². The number of anilines is 1. The summed E-state index contributed by atoms with van der Waals surface area (Å²) in [6, 6.07) is 0. The molecule has 1 aromatic heterocycles. The minimum atomic E-state index is 0.0435. The van der Waals surface area contributed by atoms with Crippen LogP contribution in [0.15, 0.2) is 0 Å². The fourth-order valence-corrected chi connectivity index (χ4v) is 3.43. The maximum absolute atomic E-state index is 12.5. The Morgan fingerprint density at radius 1 is 1.55 bits per heavy atom. The molecule has 1 atom stereocenters. The van der Waals surface area contributed by atoms with Gasteiger partial charge in [-0.1, -0.05) is 13.8 Å². The number of ether oxygens (including phenoxy) is 1. The fourth-order valence-electron chi connectivity index (χ4n) is 2.59. The molecule has 1 aliphatic rings. The first-order chi connectivity index (χ1) is 10.5. The molecule has 2 rings (SSSR count).